The monoisotopic (exact) mass is 219 g/mol. The Morgan fingerprint density at radius 3 is 2.81 bits per heavy atom. The van der Waals surface area contributed by atoms with Gasteiger partial charge in [-0.3, -0.25) is 4.79 Å². The molecule has 1 aliphatic rings. The first kappa shape index (κ1) is 11.1. The van der Waals surface area contributed by atoms with E-state index in [0.717, 1.165) is 18.4 Å². The first-order valence-corrected chi connectivity index (χ1v) is 5.58. The lowest BCUT2D eigenvalue weighted by atomic mass is 9.91. The van der Waals surface area contributed by atoms with Gasteiger partial charge in [-0.1, -0.05) is 0 Å². The molecule has 1 fully saturated rings. The Hall–Kier alpha value is -1.35. The third-order valence-electron chi connectivity index (χ3n) is 3.23. The molecule has 1 atom stereocenters. The van der Waals surface area contributed by atoms with Crippen molar-refractivity contribution in [3.8, 4) is 0 Å². The SMILES string of the molecule is Cc1cc(C(=O)C2(C)CCCO2)ccc1N. The summed E-state index contributed by atoms with van der Waals surface area (Å²) in [5.74, 6) is 0.0631. The molecule has 0 radical (unpaired) electrons. The van der Waals surface area contributed by atoms with Gasteiger partial charge in [-0.2, -0.15) is 0 Å². The van der Waals surface area contributed by atoms with Crippen LogP contribution in [0.25, 0.3) is 0 Å². The summed E-state index contributed by atoms with van der Waals surface area (Å²) >= 11 is 0. The highest BCUT2D eigenvalue weighted by molar-refractivity contribution is 6.02. The zero-order valence-corrected chi connectivity index (χ0v) is 9.75. The lowest BCUT2D eigenvalue weighted by Crippen LogP contribution is -2.34. The average molecular weight is 219 g/mol. The molecule has 1 aliphatic heterocycles. The van der Waals surface area contributed by atoms with E-state index in [-0.39, 0.29) is 5.78 Å². The van der Waals surface area contributed by atoms with Crippen LogP contribution >= 0.6 is 0 Å². The number of aryl methyl sites for hydroxylation is 1. The number of ether oxygens (including phenoxy) is 1. The number of carbonyl (C=O) groups excluding carboxylic acids is 1. The van der Waals surface area contributed by atoms with Crippen LogP contribution in [-0.4, -0.2) is 18.0 Å². The largest absolute Gasteiger partial charge is 0.399 e. The molecule has 0 aliphatic carbocycles. The normalized spacial score (nSPS) is 24.6. The molecular weight excluding hydrogens is 202 g/mol. The van der Waals surface area contributed by atoms with Gasteiger partial charge in [0, 0.05) is 17.9 Å². The number of carbonyl (C=O) groups is 1. The van der Waals surface area contributed by atoms with Gasteiger partial charge in [-0.25, -0.2) is 0 Å². The highest BCUT2D eigenvalue weighted by Crippen LogP contribution is 2.29. The van der Waals surface area contributed by atoms with Gasteiger partial charge in [-0.05, 0) is 50.5 Å². The van der Waals surface area contributed by atoms with Crippen molar-refractivity contribution in [1.82, 2.24) is 0 Å². The minimum Gasteiger partial charge on any atom is -0.399 e. The van der Waals surface area contributed by atoms with E-state index in [0.29, 0.717) is 17.9 Å². The highest BCUT2D eigenvalue weighted by atomic mass is 16.5. The molecule has 1 saturated heterocycles. The minimum atomic E-state index is -0.636. The zero-order valence-electron chi connectivity index (χ0n) is 9.75. The Morgan fingerprint density at radius 2 is 2.25 bits per heavy atom. The van der Waals surface area contributed by atoms with E-state index < -0.39 is 5.60 Å². The zero-order chi connectivity index (χ0) is 11.8. The molecule has 0 spiro atoms. The molecule has 1 unspecified atom stereocenters. The van der Waals surface area contributed by atoms with E-state index in [4.69, 9.17) is 10.5 Å². The molecule has 1 aromatic rings. The molecule has 0 saturated carbocycles. The van der Waals surface area contributed by atoms with Gasteiger partial charge in [0.25, 0.3) is 0 Å². The molecule has 3 heteroatoms. The third-order valence-corrected chi connectivity index (χ3v) is 3.23. The summed E-state index contributed by atoms with van der Waals surface area (Å²) in [7, 11) is 0. The van der Waals surface area contributed by atoms with E-state index >= 15 is 0 Å². The topological polar surface area (TPSA) is 52.3 Å². The standard InChI is InChI=1S/C13H17NO2/c1-9-8-10(4-5-11(9)14)12(15)13(2)6-3-7-16-13/h4-5,8H,3,6-7,14H2,1-2H3. The van der Waals surface area contributed by atoms with Crippen molar-refractivity contribution >= 4 is 11.5 Å². The number of benzene rings is 1. The molecule has 1 heterocycles. The van der Waals surface area contributed by atoms with Crippen LogP contribution in [-0.2, 0) is 4.74 Å². The molecule has 0 bridgehead atoms. The van der Waals surface area contributed by atoms with Crippen molar-refractivity contribution in [2.75, 3.05) is 12.3 Å². The van der Waals surface area contributed by atoms with E-state index in [1.54, 1.807) is 12.1 Å². The molecule has 16 heavy (non-hydrogen) atoms. The number of Topliss-reactive ketones (excluding diaryl/α,β-unsaturated/α-hetero) is 1. The Labute approximate surface area is 95.6 Å². The van der Waals surface area contributed by atoms with Gasteiger partial charge in [0.05, 0.1) is 0 Å². The average Bonchev–Trinajstić information content (AvgIpc) is 2.70. The van der Waals surface area contributed by atoms with Gasteiger partial charge in [0.1, 0.15) is 5.60 Å². The minimum absolute atomic E-state index is 0.0631. The Kier molecular flexibility index (Phi) is 2.72. The van der Waals surface area contributed by atoms with Crippen molar-refractivity contribution in [3.63, 3.8) is 0 Å². The van der Waals surface area contributed by atoms with Crippen molar-refractivity contribution < 1.29 is 9.53 Å². The van der Waals surface area contributed by atoms with E-state index in [1.807, 2.05) is 19.9 Å². The van der Waals surface area contributed by atoms with Crippen molar-refractivity contribution in [3.05, 3.63) is 29.3 Å². The maximum Gasteiger partial charge on any atom is 0.194 e. The molecule has 0 amide bonds. The smallest absolute Gasteiger partial charge is 0.194 e. The first-order chi connectivity index (χ1) is 7.53. The van der Waals surface area contributed by atoms with Crippen LogP contribution in [0.5, 0.6) is 0 Å². The van der Waals surface area contributed by atoms with Crippen molar-refractivity contribution in [2.24, 2.45) is 0 Å². The van der Waals surface area contributed by atoms with Gasteiger partial charge in [0.15, 0.2) is 5.78 Å². The number of hydrogen-bond donors (Lipinski definition) is 1. The number of nitrogen functional groups attached to an aromatic ring is 1. The molecular formula is C13H17NO2. The number of nitrogens with two attached hydrogens (primary N) is 1. The van der Waals surface area contributed by atoms with Gasteiger partial charge in [-0.15, -0.1) is 0 Å². The predicted octanol–water partition coefficient (Wildman–Crippen LogP) is 2.33. The summed E-state index contributed by atoms with van der Waals surface area (Å²) in [6.07, 6.45) is 1.76. The van der Waals surface area contributed by atoms with Gasteiger partial charge in [0.2, 0.25) is 0 Å². The second-order valence-corrected chi connectivity index (χ2v) is 4.58. The lowest BCUT2D eigenvalue weighted by Gasteiger charge is -2.21. The van der Waals surface area contributed by atoms with Crippen LogP contribution in [0.2, 0.25) is 0 Å². The first-order valence-electron chi connectivity index (χ1n) is 5.58. The summed E-state index contributed by atoms with van der Waals surface area (Å²) in [4.78, 5) is 12.3. The molecule has 86 valence electrons. The quantitative estimate of drug-likeness (QED) is 0.613. The molecule has 2 N–H and O–H groups in total. The molecule has 2 rings (SSSR count). The van der Waals surface area contributed by atoms with Gasteiger partial charge < -0.3 is 10.5 Å². The summed E-state index contributed by atoms with van der Waals surface area (Å²) in [5.41, 5.74) is 7.44. The van der Waals surface area contributed by atoms with E-state index in [2.05, 4.69) is 0 Å². The summed E-state index contributed by atoms with van der Waals surface area (Å²) in [6, 6.07) is 5.39. The fourth-order valence-electron chi connectivity index (χ4n) is 2.08. The fraction of sp³-hybridized carbons (Fsp3) is 0.462. The molecule has 1 aromatic carbocycles. The highest BCUT2D eigenvalue weighted by Gasteiger charge is 2.38. The summed E-state index contributed by atoms with van der Waals surface area (Å²) in [6.45, 7) is 4.45. The third kappa shape index (κ3) is 1.83. The van der Waals surface area contributed by atoms with Crippen LogP contribution in [0.3, 0.4) is 0 Å². The Bertz CT molecular complexity index is 420. The van der Waals surface area contributed by atoms with E-state index in [9.17, 15) is 4.79 Å². The van der Waals surface area contributed by atoms with Crippen LogP contribution in [0.4, 0.5) is 5.69 Å². The van der Waals surface area contributed by atoms with Crippen LogP contribution in [0.1, 0.15) is 35.7 Å². The fourth-order valence-corrected chi connectivity index (χ4v) is 2.08. The second-order valence-electron chi connectivity index (χ2n) is 4.58. The van der Waals surface area contributed by atoms with Gasteiger partial charge >= 0.3 is 0 Å². The number of ketones is 1. The van der Waals surface area contributed by atoms with Crippen molar-refractivity contribution in [1.29, 1.82) is 0 Å². The second kappa shape index (κ2) is 3.91. The molecule has 3 nitrogen and oxygen atoms in total. The summed E-state index contributed by atoms with van der Waals surface area (Å²) in [5, 5.41) is 0. The predicted molar refractivity (Wildman–Crippen MR) is 63.5 cm³/mol. The molecule has 0 aromatic heterocycles. The van der Waals surface area contributed by atoms with E-state index in [1.165, 1.54) is 0 Å². The lowest BCUT2D eigenvalue weighted by molar-refractivity contribution is 0.0213. The number of hydrogen-bond acceptors (Lipinski definition) is 3. The van der Waals surface area contributed by atoms with Crippen LogP contribution in [0, 0.1) is 6.92 Å². The Balaban J connectivity index is 2.30. The number of anilines is 1. The van der Waals surface area contributed by atoms with Crippen molar-refractivity contribution in [2.45, 2.75) is 32.3 Å². The Morgan fingerprint density at radius 1 is 1.50 bits per heavy atom. The maximum atomic E-state index is 12.3. The maximum absolute atomic E-state index is 12.3. The summed E-state index contributed by atoms with van der Waals surface area (Å²) < 4.78 is 5.55. The van der Waals surface area contributed by atoms with Crippen LogP contribution < -0.4 is 5.73 Å². The number of rotatable bonds is 2. The van der Waals surface area contributed by atoms with Crippen LogP contribution in [0.15, 0.2) is 18.2 Å².